The highest BCUT2D eigenvalue weighted by Crippen LogP contribution is 2.53. The molecule has 14 N–H and O–H groups in total. The van der Waals surface area contributed by atoms with Crippen LogP contribution in [0.25, 0.3) is 0 Å². The minimum atomic E-state index is -5.49. The van der Waals surface area contributed by atoms with Crippen LogP contribution in [0, 0.1) is 13.8 Å². The number of aliphatic hydroxyl groups is 3. The monoisotopic (exact) mass is 1260 g/mol. The van der Waals surface area contributed by atoms with E-state index in [0.29, 0.717) is 65.3 Å². The van der Waals surface area contributed by atoms with Gasteiger partial charge in [-0.3, -0.25) is 90.2 Å². The molecule has 86 heavy (non-hydrogen) atoms. The van der Waals surface area contributed by atoms with Crippen molar-refractivity contribution in [3.63, 3.8) is 0 Å². The summed E-state index contributed by atoms with van der Waals surface area (Å²) in [4.78, 5) is 147. The number of rotatable bonds is 25. The fourth-order valence-corrected chi connectivity index (χ4v) is 12.4. The Hall–Kier alpha value is -5.99. The van der Waals surface area contributed by atoms with Crippen molar-refractivity contribution in [3.05, 3.63) is 110 Å². The predicted molar refractivity (Wildman–Crippen MR) is 295 cm³/mol. The van der Waals surface area contributed by atoms with Gasteiger partial charge in [0.05, 0.1) is 39.0 Å². The largest absolute Gasteiger partial charge is 0.472 e. The number of hydrogen-bond acceptors (Lipinski definition) is 25. The number of nitrogens with one attached hydrogen (secondary N) is 3. The summed E-state index contributed by atoms with van der Waals surface area (Å²) in [5.74, 6) is -1.69. The summed E-state index contributed by atoms with van der Waals surface area (Å²) < 4.78 is 70.4. The summed E-state index contributed by atoms with van der Waals surface area (Å²) in [7, 11) is -10.9. The van der Waals surface area contributed by atoms with Crippen LogP contribution in [0.5, 0.6) is 0 Å². The molecule has 7 rings (SSSR count). The number of hydrogen-bond donors (Lipinski definition) is 11. The van der Waals surface area contributed by atoms with Crippen molar-refractivity contribution >= 4 is 33.4 Å². The van der Waals surface area contributed by atoms with Gasteiger partial charge >= 0.3 is 32.7 Å². The number of phosphoric acid groups is 2. The van der Waals surface area contributed by atoms with Crippen LogP contribution >= 0.6 is 15.6 Å². The molecular formula is C48H73N13O23P2. The Morgan fingerprint density at radius 2 is 1.20 bits per heavy atom. The number of ether oxygens (including phenoxy) is 3. The SMILES string of the molecule is Cc1cn([C@H]2C[C@H](O)[C@@H]([C@H](C/C=C/CCN3CCN(CC(N)=O)CCN(CC(N)=O)CCN(CC(N)=O)CC3)OP(=O)(O)O[C@H]3C[C@H](n4cc(C)c(=O)[nH]c4=O)O[C@@H]3COP(=O)(O)O[C@H]3[C@@H](O)[C@H](n4ccc(=O)[nH]c4=O)O[C@@H]3CO)O2)c(=O)[nH]c1=O. The molecule has 4 aliphatic heterocycles. The van der Waals surface area contributed by atoms with Crippen molar-refractivity contribution in [2.45, 2.75) is 107 Å². The summed E-state index contributed by atoms with van der Waals surface area (Å²) in [6.45, 7) is 4.01. The summed E-state index contributed by atoms with van der Waals surface area (Å²) in [5.41, 5.74) is 11.7. The molecule has 3 amide bonds. The number of aromatic amines is 3. The van der Waals surface area contributed by atoms with Gasteiger partial charge in [0.1, 0.15) is 55.2 Å². The second kappa shape index (κ2) is 29.8. The molecule has 4 fully saturated rings. The lowest BCUT2D eigenvalue weighted by molar-refractivity contribution is -0.121. The highest BCUT2D eigenvalue weighted by Gasteiger charge is 2.51. The summed E-state index contributed by atoms with van der Waals surface area (Å²) in [6.07, 6.45) is -11.8. The smallest absolute Gasteiger partial charge is 0.394 e. The molecule has 4 aliphatic rings. The van der Waals surface area contributed by atoms with Crippen LogP contribution in [0.1, 0.15) is 55.5 Å². The van der Waals surface area contributed by atoms with E-state index < -0.39 is 154 Å². The van der Waals surface area contributed by atoms with Crippen LogP contribution in [0.2, 0.25) is 0 Å². The quantitative estimate of drug-likeness (QED) is 0.0278. The van der Waals surface area contributed by atoms with Gasteiger partial charge in [-0.15, -0.1) is 0 Å². The molecule has 0 radical (unpaired) electrons. The van der Waals surface area contributed by atoms with E-state index in [1.807, 2.05) is 19.7 Å². The van der Waals surface area contributed by atoms with Crippen LogP contribution in [0.15, 0.2) is 65.6 Å². The van der Waals surface area contributed by atoms with Crippen molar-refractivity contribution < 1.29 is 80.9 Å². The average molecular weight is 1260 g/mol. The van der Waals surface area contributed by atoms with Crippen LogP contribution in [0.4, 0.5) is 0 Å². The second-order valence-corrected chi connectivity index (χ2v) is 23.9. The third-order valence-electron chi connectivity index (χ3n) is 14.6. The Kier molecular flexibility index (Phi) is 23.4. The number of carbonyl (C=O) groups is 3. The molecule has 0 spiro atoms. The van der Waals surface area contributed by atoms with Crippen LogP contribution in [-0.4, -0.2) is 232 Å². The first kappa shape index (κ1) is 67.5. The van der Waals surface area contributed by atoms with Crippen molar-refractivity contribution in [1.29, 1.82) is 0 Å². The molecule has 0 aliphatic carbocycles. The maximum absolute atomic E-state index is 14.4. The standard InChI is InChI=1S/C48H73N13O23P2/c1-27-20-60(47(72)53-43(27)69)38-18-29(63)41(81-38)30(6-4-3-5-8-55-10-12-56(22-34(49)64)14-16-58(24-36(51)66)17-15-57(13-11-55)23-35(50)65)82-86(76,77)83-31-19-39(61-21-28(2)44(70)54-48(61)73)79-33(31)26-78-85(74,75)84-42-32(25-62)80-45(40(42)68)59-9-7-37(67)52-46(59)71/h3-4,7,9,20-21,29-33,38-42,45,62-63,68H,5-6,8,10-19,22-26H2,1-2H3,(H2,49,64)(H2,50,65)(H2,51,66)(H,74,75)(H,76,77)(H,52,67,71)(H,53,69,72)(H,54,70,73)/b4-3+/t29-,30-,31-,32+,33+,38+,39+,40+,41-,42+,45+/m0/s1. The predicted octanol–water partition coefficient (Wildman–Crippen LogP) is -6.17. The van der Waals surface area contributed by atoms with E-state index in [0.717, 1.165) is 32.2 Å². The Balaban J connectivity index is 1.10. The van der Waals surface area contributed by atoms with E-state index in [1.54, 1.807) is 12.2 Å². The summed E-state index contributed by atoms with van der Waals surface area (Å²) in [5, 5.41) is 32.7. The highest BCUT2D eigenvalue weighted by molar-refractivity contribution is 7.47. The Bertz CT molecular complexity index is 3340. The van der Waals surface area contributed by atoms with Crippen LogP contribution < -0.4 is 50.9 Å². The number of nitrogens with two attached hydrogens (primary N) is 3. The van der Waals surface area contributed by atoms with E-state index in [-0.39, 0.29) is 43.6 Å². The number of primary amides is 3. The molecule has 36 nitrogen and oxygen atoms in total. The Labute approximate surface area is 487 Å². The van der Waals surface area contributed by atoms with Crippen molar-refractivity contribution in [2.75, 3.05) is 91.8 Å². The topological polar surface area (TPSA) is 507 Å². The van der Waals surface area contributed by atoms with Gasteiger partial charge in [-0.25, -0.2) is 23.5 Å². The number of carbonyl (C=O) groups excluding carboxylic acids is 3. The van der Waals surface area contributed by atoms with Crippen LogP contribution in [0.3, 0.4) is 0 Å². The van der Waals surface area contributed by atoms with Crippen molar-refractivity contribution in [2.24, 2.45) is 17.2 Å². The lowest BCUT2D eigenvalue weighted by Crippen LogP contribution is -2.49. The normalized spacial score (nSPS) is 27.8. The van der Waals surface area contributed by atoms with Crippen LogP contribution in [-0.2, 0) is 55.8 Å². The van der Waals surface area contributed by atoms with E-state index in [4.69, 9.17) is 49.5 Å². The first-order chi connectivity index (χ1) is 40.6. The molecule has 0 aromatic carbocycles. The number of aromatic nitrogens is 6. The zero-order valence-corrected chi connectivity index (χ0v) is 48.7. The number of H-pyrrole nitrogens is 3. The first-order valence-corrected chi connectivity index (χ1v) is 30.2. The van der Waals surface area contributed by atoms with Gasteiger partial charge in [-0.1, -0.05) is 12.2 Å². The molecule has 13 atom stereocenters. The zero-order valence-electron chi connectivity index (χ0n) is 46.9. The third-order valence-corrected chi connectivity index (χ3v) is 16.7. The van der Waals surface area contributed by atoms with Gasteiger partial charge < -0.3 is 61.4 Å². The molecule has 2 unspecified atom stereocenters. The lowest BCUT2D eigenvalue weighted by atomic mass is 10.0. The maximum Gasteiger partial charge on any atom is 0.472 e. The molecule has 478 valence electrons. The fourth-order valence-electron chi connectivity index (χ4n) is 10.3. The molecular weight excluding hydrogens is 1190 g/mol. The molecule has 0 saturated carbocycles. The average Bonchev–Trinajstić information content (AvgIpc) is 4.26. The van der Waals surface area contributed by atoms with E-state index >= 15 is 0 Å². The maximum atomic E-state index is 14.4. The van der Waals surface area contributed by atoms with E-state index in [2.05, 4.69) is 14.9 Å². The molecule has 0 bridgehead atoms. The minimum absolute atomic E-state index is 0.0322. The van der Waals surface area contributed by atoms with E-state index in [1.165, 1.54) is 20.0 Å². The molecule has 3 aromatic rings. The minimum Gasteiger partial charge on any atom is -0.394 e. The number of phosphoric ester groups is 2. The number of nitrogens with zero attached hydrogens (tertiary/aromatic N) is 7. The molecule has 38 heteroatoms. The van der Waals surface area contributed by atoms with Gasteiger partial charge in [0, 0.05) is 108 Å². The van der Waals surface area contributed by atoms with Gasteiger partial charge in [-0.05, 0) is 26.7 Å². The lowest BCUT2D eigenvalue weighted by Gasteiger charge is -2.33. The second-order valence-electron chi connectivity index (χ2n) is 21.1. The van der Waals surface area contributed by atoms with Gasteiger partial charge in [0.25, 0.3) is 16.7 Å². The Morgan fingerprint density at radius 3 is 1.71 bits per heavy atom. The zero-order chi connectivity index (χ0) is 62.8. The van der Waals surface area contributed by atoms with Gasteiger partial charge in [-0.2, -0.15) is 0 Å². The molecule has 7 heterocycles. The molecule has 3 aromatic heterocycles. The molecule has 4 saturated heterocycles. The number of aryl methyl sites for hydroxylation is 2. The first-order valence-electron chi connectivity index (χ1n) is 27.2. The number of amides is 3. The van der Waals surface area contributed by atoms with Gasteiger partial charge in [0.15, 0.2) is 6.23 Å². The number of aliphatic hydroxyl groups excluding tert-OH is 3. The van der Waals surface area contributed by atoms with Crippen molar-refractivity contribution in [3.8, 4) is 0 Å². The van der Waals surface area contributed by atoms with Gasteiger partial charge in [0.2, 0.25) is 17.7 Å². The Morgan fingerprint density at radius 1 is 0.686 bits per heavy atom. The highest BCUT2D eigenvalue weighted by atomic mass is 31.2. The fraction of sp³-hybridized carbons (Fsp3) is 0.646. The summed E-state index contributed by atoms with van der Waals surface area (Å²) >= 11 is 0. The van der Waals surface area contributed by atoms with Crippen molar-refractivity contribution in [1.82, 2.24) is 48.3 Å². The summed E-state index contributed by atoms with van der Waals surface area (Å²) in [6, 6.07) is 0.928. The third kappa shape index (κ3) is 18.5. The van der Waals surface area contributed by atoms with E-state index in [9.17, 15) is 77.4 Å².